The minimum atomic E-state index is 0.166. The summed E-state index contributed by atoms with van der Waals surface area (Å²) in [7, 11) is 1.56. The number of rotatable bonds is 5. The van der Waals surface area contributed by atoms with Crippen LogP contribution in [0.1, 0.15) is 37.1 Å². The highest BCUT2D eigenvalue weighted by molar-refractivity contribution is 5.42. The van der Waals surface area contributed by atoms with Crippen LogP contribution < -0.4 is 10.1 Å². The topological polar surface area (TPSA) is 41.5 Å². The Morgan fingerprint density at radius 2 is 1.60 bits per heavy atom. The number of phenols is 1. The molecule has 0 saturated carbocycles. The van der Waals surface area contributed by atoms with Crippen LogP contribution in [0.25, 0.3) is 0 Å². The van der Waals surface area contributed by atoms with E-state index in [4.69, 9.17) is 4.74 Å². The average Bonchev–Trinajstić information content (AvgIpc) is 2.48. The molecule has 0 amide bonds. The first kappa shape index (κ1) is 14.4. The Kier molecular flexibility index (Phi) is 4.64. The fourth-order valence-electron chi connectivity index (χ4n) is 2.27. The predicted octanol–water partition coefficient (Wildman–Crippen LogP) is 3.81. The zero-order valence-electron chi connectivity index (χ0n) is 12.1. The molecule has 0 bridgehead atoms. The van der Waals surface area contributed by atoms with Crippen molar-refractivity contribution in [2.45, 2.75) is 25.9 Å². The molecule has 0 heterocycles. The summed E-state index contributed by atoms with van der Waals surface area (Å²) >= 11 is 0. The fourth-order valence-corrected chi connectivity index (χ4v) is 2.27. The molecule has 2 atom stereocenters. The van der Waals surface area contributed by atoms with Gasteiger partial charge in [0.15, 0.2) is 11.5 Å². The molecule has 106 valence electrons. The van der Waals surface area contributed by atoms with Gasteiger partial charge in [-0.15, -0.1) is 0 Å². The average molecular weight is 271 g/mol. The van der Waals surface area contributed by atoms with Gasteiger partial charge in [-0.1, -0.05) is 36.4 Å². The van der Waals surface area contributed by atoms with Crippen LogP contribution in [0.4, 0.5) is 0 Å². The quantitative estimate of drug-likeness (QED) is 0.868. The predicted molar refractivity (Wildman–Crippen MR) is 81.1 cm³/mol. The number of phenolic OH excluding ortho intramolecular Hbond substituents is 1. The molecule has 0 aromatic heterocycles. The molecule has 2 N–H and O–H groups in total. The van der Waals surface area contributed by atoms with Gasteiger partial charge < -0.3 is 15.2 Å². The highest BCUT2D eigenvalue weighted by Crippen LogP contribution is 2.29. The van der Waals surface area contributed by atoms with Gasteiger partial charge in [0.2, 0.25) is 0 Å². The van der Waals surface area contributed by atoms with Gasteiger partial charge >= 0.3 is 0 Å². The van der Waals surface area contributed by atoms with Gasteiger partial charge in [0.05, 0.1) is 7.11 Å². The molecule has 0 aliphatic heterocycles. The van der Waals surface area contributed by atoms with Gasteiger partial charge in [0, 0.05) is 12.1 Å². The number of ether oxygens (including phenoxy) is 1. The van der Waals surface area contributed by atoms with Crippen LogP contribution in [-0.4, -0.2) is 12.2 Å². The summed E-state index contributed by atoms with van der Waals surface area (Å²) in [4.78, 5) is 0. The molecule has 1 unspecified atom stereocenters. The Morgan fingerprint density at radius 3 is 2.25 bits per heavy atom. The standard InChI is InChI=1S/C17H21NO2/c1-12(14-7-5-4-6-8-14)18-13(2)15-9-10-16(19)17(11-15)20-3/h4-13,18-19H,1-3H3/t12-,13?/m0/s1. The van der Waals surface area contributed by atoms with Crippen molar-refractivity contribution < 1.29 is 9.84 Å². The number of benzene rings is 2. The molecule has 0 spiro atoms. The van der Waals surface area contributed by atoms with Crippen molar-refractivity contribution in [2.75, 3.05) is 7.11 Å². The molecular weight excluding hydrogens is 250 g/mol. The normalized spacial score (nSPS) is 13.8. The molecular formula is C17H21NO2. The summed E-state index contributed by atoms with van der Waals surface area (Å²) < 4.78 is 5.15. The first-order valence-electron chi connectivity index (χ1n) is 6.79. The molecule has 3 heteroatoms. The highest BCUT2D eigenvalue weighted by atomic mass is 16.5. The van der Waals surface area contributed by atoms with E-state index in [-0.39, 0.29) is 17.8 Å². The Hall–Kier alpha value is -2.00. The second-order valence-corrected chi connectivity index (χ2v) is 4.95. The molecule has 0 fully saturated rings. The molecule has 2 aromatic carbocycles. The zero-order chi connectivity index (χ0) is 14.5. The number of hydrogen-bond donors (Lipinski definition) is 2. The maximum absolute atomic E-state index is 9.63. The minimum Gasteiger partial charge on any atom is -0.504 e. The smallest absolute Gasteiger partial charge is 0.160 e. The van der Waals surface area contributed by atoms with Crippen molar-refractivity contribution in [3.63, 3.8) is 0 Å². The first-order valence-corrected chi connectivity index (χ1v) is 6.79. The molecule has 2 aromatic rings. The largest absolute Gasteiger partial charge is 0.504 e. The SMILES string of the molecule is COc1cc(C(C)N[C@@H](C)c2ccccc2)ccc1O. The van der Waals surface area contributed by atoms with Gasteiger partial charge in [0.1, 0.15) is 0 Å². The van der Waals surface area contributed by atoms with E-state index in [0.717, 1.165) is 5.56 Å². The number of hydrogen-bond acceptors (Lipinski definition) is 3. The van der Waals surface area contributed by atoms with E-state index < -0.39 is 0 Å². The van der Waals surface area contributed by atoms with E-state index in [2.05, 4.69) is 31.3 Å². The van der Waals surface area contributed by atoms with Gasteiger partial charge in [-0.05, 0) is 37.1 Å². The molecule has 2 rings (SSSR count). The number of methoxy groups -OCH3 is 1. The van der Waals surface area contributed by atoms with E-state index in [0.29, 0.717) is 5.75 Å². The van der Waals surface area contributed by atoms with E-state index in [1.54, 1.807) is 13.2 Å². The van der Waals surface area contributed by atoms with Crippen molar-refractivity contribution in [2.24, 2.45) is 0 Å². The fraction of sp³-hybridized carbons (Fsp3) is 0.294. The second kappa shape index (κ2) is 6.44. The lowest BCUT2D eigenvalue weighted by molar-refractivity contribution is 0.371. The minimum absolute atomic E-state index is 0.166. The van der Waals surface area contributed by atoms with E-state index >= 15 is 0 Å². The van der Waals surface area contributed by atoms with Crippen LogP contribution >= 0.6 is 0 Å². The Labute approximate surface area is 120 Å². The van der Waals surface area contributed by atoms with Crippen molar-refractivity contribution in [1.82, 2.24) is 5.32 Å². The van der Waals surface area contributed by atoms with Crippen LogP contribution in [0, 0.1) is 0 Å². The lowest BCUT2D eigenvalue weighted by Crippen LogP contribution is -2.22. The van der Waals surface area contributed by atoms with Crippen LogP contribution in [0.15, 0.2) is 48.5 Å². The Balaban J connectivity index is 2.10. The summed E-state index contributed by atoms with van der Waals surface area (Å²) in [6.45, 7) is 4.24. The van der Waals surface area contributed by atoms with Gasteiger partial charge in [-0.2, -0.15) is 0 Å². The molecule has 0 radical (unpaired) electrons. The summed E-state index contributed by atoms with van der Waals surface area (Å²) in [6.07, 6.45) is 0. The van der Waals surface area contributed by atoms with Gasteiger partial charge in [-0.3, -0.25) is 0 Å². The van der Waals surface area contributed by atoms with Crippen molar-refractivity contribution in [3.05, 3.63) is 59.7 Å². The van der Waals surface area contributed by atoms with E-state index in [1.807, 2.05) is 30.3 Å². The Bertz CT molecular complexity index is 554. The maximum Gasteiger partial charge on any atom is 0.160 e. The van der Waals surface area contributed by atoms with E-state index in [1.165, 1.54) is 5.56 Å². The number of nitrogens with one attached hydrogen (secondary N) is 1. The molecule has 0 aliphatic carbocycles. The lowest BCUT2D eigenvalue weighted by atomic mass is 10.0. The van der Waals surface area contributed by atoms with Crippen LogP contribution in [-0.2, 0) is 0 Å². The zero-order valence-corrected chi connectivity index (χ0v) is 12.1. The summed E-state index contributed by atoms with van der Waals surface area (Å²) in [5.74, 6) is 0.670. The van der Waals surface area contributed by atoms with Gasteiger partial charge in [0.25, 0.3) is 0 Å². The monoisotopic (exact) mass is 271 g/mol. The van der Waals surface area contributed by atoms with Gasteiger partial charge in [-0.25, -0.2) is 0 Å². The van der Waals surface area contributed by atoms with Crippen LogP contribution in [0.3, 0.4) is 0 Å². The second-order valence-electron chi connectivity index (χ2n) is 4.95. The molecule has 0 saturated heterocycles. The lowest BCUT2D eigenvalue weighted by Gasteiger charge is -2.21. The molecule has 3 nitrogen and oxygen atoms in total. The molecule has 20 heavy (non-hydrogen) atoms. The summed E-state index contributed by atoms with van der Waals surface area (Å²) in [6, 6.07) is 16.2. The Morgan fingerprint density at radius 1 is 0.950 bits per heavy atom. The van der Waals surface area contributed by atoms with Crippen molar-refractivity contribution >= 4 is 0 Å². The first-order chi connectivity index (χ1) is 9.61. The maximum atomic E-state index is 9.63. The van der Waals surface area contributed by atoms with Crippen molar-refractivity contribution in [3.8, 4) is 11.5 Å². The van der Waals surface area contributed by atoms with E-state index in [9.17, 15) is 5.11 Å². The van der Waals surface area contributed by atoms with Crippen LogP contribution in [0.5, 0.6) is 11.5 Å². The third-order valence-corrected chi connectivity index (χ3v) is 3.50. The summed E-state index contributed by atoms with van der Waals surface area (Å²) in [5.41, 5.74) is 2.34. The van der Waals surface area contributed by atoms with Crippen molar-refractivity contribution in [1.29, 1.82) is 0 Å². The number of aromatic hydroxyl groups is 1. The molecule has 0 aliphatic rings. The van der Waals surface area contributed by atoms with Crippen LogP contribution in [0.2, 0.25) is 0 Å². The highest BCUT2D eigenvalue weighted by Gasteiger charge is 2.12. The third kappa shape index (κ3) is 3.31. The third-order valence-electron chi connectivity index (χ3n) is 3.50. The summed E-state index contributed by atoms with van der Waals surface area (Å²) in [5, 5.41) is 13.2.